The summed E-state index contributed by atoms with van der Waals surface area (Å²) in [5, 5.41) is 9.99. The number of nitrogens with zero attached hydrogens (tertiary/aromatic N) is 3. The molecular formula is C16H16F3N3O3. The Hall–Kier alpha value is -3.10. The van der Waals surface area contributed by atoms with Crippen LogP contribution in [0, 0.1) is 10.1 Å². The fourth-order valence-corrected chi connectivity index (χ4v) is 1.60. The highest BCUT2D eigenvalue weighted by atomic mass is 19.4. The van der Waals surface area contributed by atoms with E-state index in [9.17, 15) is 23.3 Å². The van der Waals surface area contributed by atoms with Crippen molar-refractivity contribution < 1.29 is 22.8 Å². The third kappa shape index (κ3) is 8.94. The summed E-state index contributed by atoms with van der Waals surface area (Å²) in [6.07, 6.45) is 0.506. The molecule has 0 atom stereocenters. The Kier molecular flexibility index (Phi) is 7.39. The molecule has 0 fully saturated rings. The minimum Gasteiger partial charge on any atom is -0.406 e. The molecule has 134 valence electrons. The lowest BCUT2D eigenvalue weighted by Gasteiger charge is -2.10. The molecule has 2 aromatic rings. The van der Waals surface area contributed by atoms with Gasteiger partial charge in [0.25, 0.3) is 0 Å². The molecule has 25 heavy (non-hydrogen) atoms. The highest BCUT2D eigenvalue weighted by Gasteiger charge is 2.30. The van der Waals surface area contributed by atoms with E-state index in [0.29, 0.717) is 6.20 Å². The quantitative estimate of drug-likeness (QED) is 0.613. The number of halogens is 3. The fourth-order valence-electron chi connectivity index (χ4n) is 1.60. The molecule has 0 aliphatic heterocycles. The van der Waals surface area contributed by atoms with E-state index in [1.165, 1.54) is 17.8 Å². The van der Waals surface area contributed by atoms with Crippen LogP contribution in [0.4, 0.5) is 18.9 Å². The number of rotatable bonds is 4. The summed E-state index contributed by atoms with van der Waals surface area (Å²) in [4.78, 5) is 15.2. The maximum absolute atomic E-state index is 11.8. The predicted octanol–water partition coefficient (Wildman–Crippen LogP) is 3.98. The van der Waals surface area contributed by atoms with Crippen molar-refractivity contribution in [3.05, 3.63) is 70.7 Å². The Labute approximate surface area is 142 Å². The van der Waals surface area contributed by atoms with E-state index in [0.717, 1.165) is 18.2 Å². The van der Waals surface area contributed by atoms with Crippen LogP contribution in [0.5, 0.6) is 5.75 Å². The minimum absolute atomic E-state index is 0.249. The molecule has 0 unspecified atom stereocenters. The molecule has 0 aliphatic carbocycles. The van der Waals surface area contributed by atoms with E-state index in [2.05, 4.69) is 9.72 Å². The van der Waals surface area contributed by atoms with E-state index in [1.54, 1.807) is 12.4 Å². The first-order valence-electron chi connectivity index (χ1n) is 6.92. The van der Waals surface area contributed by atoms with Gasteiger partial charge in [-0.25, -0.2) is 0 Å². The van der Waals surface area contributed by atoms with Gasteiger partial charge in [-0.05, 0) is 29.8 Å². The molecule has 9 heteroatoms. The van der Waals surface area contributed by atoms with E-state index in [4.69, 9.17) is 0 Å². The molecule has 1 aromatic heterocycles. The monoisotopic (exact) mass is 355 g/mol. The lowest BCUT2D eigenvalue weighted by Crippen LogP contribution is -2.17. The number of ether oxygens (including phenoxy) is 1. The lowest BCUT2D eigenvalue weighted by atomic mass is 10.2. The Morgan fingerprint density at radius 3 is 2.32 bits per heavy atom. The van der Waals surface area contributed by atoms with Crippen LogP contribution in [0.2, 0.25) is 0 Å². The number of hydrogen-bond donors (Lipinski definition) is 0. The number of aromatic nitrogens is 1. The molecule has 1 aromatic carbocycles. The zero-order valence-electron chi connectivity index (χ0n) is 13.5. The number of alkyl halides is 3. The molecule has 0 bridgehead atoms. The zero-order chi connectivity index (χ0) is 18.9. The molecule has 0 aliphatic rings. The first kappa shape index (κ1) is 19.9. The van der Waals surface area contributed by atoms with Gasteiger partial charge < -0.3 is 9.64 Å². The molecule has 1 heterocycles. The predicted molar refractivity (Wildman–Crippen MR) is 87.7 cm³/mol. The molecule has 0 radical (unpaired) electrons. The van der Waals surface area contributed by atoms with Crippen LogP contribution >= 0.6 is 0 Å². The third-order valence-corrected chi connectivity index (χ3v) is 2.66. The van der Waals surface area contributed by atoms with E-state index >= 15 is 0 Å². The highest BCUT2D eigenvalue weighted by Crippen LogP contribution is 2.23. The second-order valence-electron chi connectivity index (χ2n) is 4.82. The number of nitro groups is 1. The molecule has 0 N–H and O–H groups in total. The lowest BCUT2D eigenvalue weighted by molar-refractivity contribution is -0.400. The van der Waals surface area contributed by atoms with Crippen molar-refractivity contribution in [1.29, 1.82) is 0 Å². The molecular weight excluding hydrogens is 339 g/mol. The van der Waals surface area contributed by atoms with Crippen molar-refractivity contribution in [1.82, 2.24) is 4.98 Å². The summed E-state index contributed by atoms with van der Waals surface area (Å²) >= 11 is 0. The van der Waals surface area contributed by atoms with Crippen molar-refractivity contribution >= 4 is 11.8 Å². The molecule has 0 saturated heterocycles. The maximum atomic E-state index is 11.8. The Balaban J connectivity index is 0.000000293. The van der Waals surface area contributed by atoms with Crippen molar-refractivity contribution in [3.8, 4) is 5.75 Å². The van der Waals surface area contributed by atoms with E-state index in [-0.39, 0.29) is 5.56 Å². The van der Waals surface area contributed by atoms with Crippen molar-refractivity contribution in [2.75, 3.05) is 19.0 Å². The largest absolute Gasteiger partial charge is 0.573 e. The Bertz CT molecular complexity index is 705. The van der Waals surface area contributed by atoms with Gasteiger partial charge in [0.05, 0.1) is 4.92 Å². The Morgan fingerprint density at radius 2 is 1.84 bits per heavy atom. The van der Waals surface area contributed by atoms with Crippen LogP contribution in [-0.2, 0) is 0 Å². The molecule has 6 nitrogen and oxygen atoms in total. The standard InChI is InChI=1S/C9H6F3NO3.C7H10N2/c10-9(11,12)16-8-3-1-2-7(6-8)4-5-13(14)15;1-9(2)7-3-5-8-6-4-7/h1-6H;3-6H,1-2H3. The zero-order valence-corrected chi connectivity index (χ0v) is 13.5. The van der Waals surface area contributed by atoms with Gasteiger partial charge in [-0.15, -0.1) is 13.2 Å². The first-order chi connectivity index (χ1) is 11.7. The van der Waals surface area contributed by atoms with Crippen LogP contribution < -0.4 is 9.64 Å². The summed E-state index contributed by atoms with van der Waals surface area (Å²) < 4.78 is 39.2. The van der Waals surface area contributed by atoms with Crippen molar-refractivity contribution in [2.45, 2.75) is 6.36 Å². The first-order valence-corrected chi connectivity index (χ1v) is 6.92. The summed E-state index contributed by atoms with van der Waals surface area (Å²) in [6, 6.07) is 8.83. The normalized spacial score (nSPS) is 10.8. The SMILES string of the molecule is CN(C)c1ccncc1.O=[N+]([O-])C=Cc1cccc(OC(F)(F)F)c1. The summed E-state index contributed by atoms with van der Waals surface area (Å²) in [6.45, 7) is 0. The van der Waals surface area contributed by atoms with Crippen molar-refractivity contribution in [2.24, 2.45) is 0 Å². The van der Waals surface area contributed by atoms with Gasteiger partial charge in [-0.2, -0.15) is 0 Å². The summed E-state index contributed by atoms with van der Waals surface area (Å²) in [5.74, 6) is -0.419. The average molecular weight is 355 g/mol. The fraction of sp³-hybridized carbons (Fsp3) is 0.188. The molecule has 2 rings (SSSR count). The molecule has 0 amide bonds. The van der Waals surface area contributed by atoms with Gasteiger partial charge in [-0.3, -0.25) is 15.1 Å². The topological polar surface area (TPSA) is 68.5 Å². The smallest absolute Gasteiger partial charge is 0.406 e. The summed E-state index contributed by atoms with van der Waals surface area (Å²) in [7, 11) is 4.02. The van der Waals surface area contributed by atoms with Crippen molar-refractivity contribution in [3.63, 3.8) is 0 Å². The van der Waals surface area contributed by atoms with Gasteiger partial charge in [0.15, 0.2) is 0 Å². The van der Waals surface area contributed by atoms with Gasteiger partial charge in [-0.1, -0.05) is 12.1 Å². The summed E-state index contributed by atoms with van der Waals surface area (Å²) in [5.41, 5.74) is 1.43. The second kappa shape index (κ2) is 9.26. The average Bonchev–Trinajstić information content (AvgIpc) is 2.53. The molecule has 0 spiro atoms. The third-order valence-electron chi connectivity index (χ3n) is 2.66. The second-order valence-corrected chi connectivity index (χ2v) is 4.82. The van der Waals surface area contributed by atoms with E-state index < -0.39 is 17.0 Å². The van der Waals surface area contributed by atoms with Crippen LogP contribution in [0.15, 0.2) is 55.0 Å². The number of hydrogen-bond acceptors (Lipinski definition) is 5. The highest BCUT2D eigenvalue weighted by molar-refractivity contribution is 5.50. The van der Waals surface area contributed by atoms with Gasteiger partial charge in [0.2, 0.25) is 6.20 Å². The van der Waals surface area contributed by atoms with Crippen LogP contribution in [0.1, 0.15) is 5.56 Å². The van der Waals surface area contributed by atoms with E-state index in [1.807, 2.05) is 31.1 Å². The van der Waals surface area contributed by atoms with Gasteiger partial charge in [0, 0.05) is 38.3 Å². The van der Waals surface area contributed by atoms with Crippen LogP contribution in [-0.4, -0.2) is 30.4 Å². The molecule has 0 saturated carbocycles. The Morgan fingerprint density at radius 1 is 1.20 bits per heavy atom. The number of pyridine rings is 1. The minimum atomic E-state index is -4.77. The number of anilines is 1. The number of benzene rings is 1. The van der Waals surface area contributed by atoms with Gasteiger partial charge >= 0.3 is 6.36 Å². The maximum Gasteiger partial charge on any atom is 0.573 e. The van der Waals surface area contributed by atoms with Crippen LogP contribution in [0.25, 0.3) is 6.08 Å². The van der Waals surface area contributed by atoms with Gasteiger partial charge in [0.1, 0.15) is 5.75 Å². The van der Waals surface area contributed by atoms with Crippen LogP contribution in [0.3, 0.4) is 0 Å².